The Morgan fingerprint density at radius 3 is 2.44 bits per heavy atom. The topological polar surface area (TPSA) is 99.8 Å². The van der Waals surface area contributed by atoms with Crippen molar-refractivity contribution in [1.29, 1.82) is 0 Å². The lowest BCUT2D eigenvalue weighted by atomic mass is 10.0. The summed E-state index contributed by atoms with van der Waals surface area (Å²) in [6.45, 7) is 4.53. The van der Waals surface area contributed by atoms with Crippen molar-refractivity contribution in [3.05, 3.63) is 65.5 Å². The summed E-state index contributed by atoms with van der Waals surface area (Å²) in [5.74, 6) is -0.269. The molecule has 9 heteroatoms. The number of benzene rings is 2. The van der Waals surface area contributed by atoms with Crippen molar-refractivity contribution in [3.8, 4) is 5.75 Å². The number of halogens is 1. The number of ether oxygens (including phenoxy) is 1. The van der Waals surface area contributed by atoms with Gasteiger partial charge in [0, 0.05) is 26.6 Å². The average molecular weight is 539 g/mol. The maximum absolute atomic E-state index is 13.5. The van der Waals surface area contributed by atoms with Gasteiger partial charge < -0.3 is 25.6 Å². The summed E-state index contributed by atoms with van der Waals surface area (Å²) < 4.78 is 19.7. The highest BCUT2D eigenvalue weighted by Gasteiger charge is 2.39. The van der Waals surface area contributed by atoms with Crippen LogP contribution in [0, 0.1) is 11.7 Å². The third-order valence-corrected chi connectivity index (χ3v) is 7.50. The second-order valence-electron chi connectivity index (χ2n) is 10.7. The maximum atomic E-state index is 13.5. The van der Waals surface area contributed by atoms with Crippen molar-refractivity contribution in [3.63, 3.8) is 0 Å². The summed E-state index contributed by atoms with van der Waals surface area (Å²) in [5.41, 5.74) is 1.76. The molecule has 2 aliphatic rings. The Morgan fingerprint density at radius 2 is 1.72 bits per heavy atom. The minimum absolute atomic E-state index is 0.159. The predicted molar refractivity (Wildman–Crippen MR) is 147 cm³/mol. The van der Waals surface area contributed by atoms with Gasteiger partial charge in [0.15, 0.2) is 0 Å². The lowest BCUT2D eigenvalue weighted by molar-refractivity contribution is -0.141. The highest BCUT2D eigenvalue weighted by molar-refractivity contribution is 5.93. The van der Waals surface area contributed by atoms with Crippen LogP contribution in [-0.2, 0) is 27.2 Å². The van der Waals surface area contributed by atoms with Crippen LogP contribution in [0.25, 0.3) is 0 Å². The van der Waals surface area contributed by atoms with Gasteiger partial charge in [0.05, 0.1) is 6.04 Å². The number of nitrogens with zero attached hydrogens (tertiary/aromatic N) is 1. The predicted octanol–water partition coefficient (Wildman–Crippen LogP) is 2.60. The first-order valence-corrected chi connectivity index (χ1v) is 13.8. The number of fused-ring (bicyclic) bond motifs is 1. The Bertz CT molecular complexity index is 1150. The summed E-state index contributed by atoms with van der Waals surface area (Å²) in [6, 6.07) is 11.6. The average Bonchev–Trinajstić information content (AvgIpc) is 3.76. The van der Waals surface area contributed by atoms with Crippen LogP contribution in [0.3, 0.4) is 0 Å². The number of hydrogen-bond donors (Lipinski definition) is 3. The lowest BCUT2D eigenvalue weighted by Gasteiger charge is -2.31. The molecule has 2 aromatic carbocycles. The van der Waals surface area contributed by atoms with Gasteiger partial charge in [-0.3, -0.25) is 14.4 Å². The molecule has 1 heterocycles. The first-order chi connectivity index (χ1) is 18.7. The van der Waals surface area contributed by atoms with Crippen molar-refractivity contribution >= 4 is 17.7 Å². The third kappa shape index (κ3) is 7.79. The van der Waals surface area contributed by atoms with E-state index in [1.807, 2.05) is 31.2 Å². The number of carbonyl (C=O) groups is 3. The zero-order valence-electron chi connectivity index (χ0n) is 22.9. The van der Waals surface area contributed by atoms with E-state index in [9.17, 15) is 18.8 Å². The molecule has 3 amide bonds. The molecule has 3 unspecified atom stereocenters. The van der Waals surface area contributed by atoms with Gasteiger partial charge in [-0.2, -0.15) is 0 Å². The number of aryl methyl sites for hydroxylation is 1. The highest BCUT2D eigenvalue weighted by Crippen LogP contribution is 2.33. The Kier molecular flexibility index (Phi) is 9.56. The lowest BCUT2D eigenvalue weighted by Crippen LogP contribution is -2.57. The molecule has 0 bridgehead atoms. The quantitative estimate of drug-likeness (QED) is 0.558. The van der Waals surface area contributed by atoms with Crippen LogP contribution in [0.1, 0.15) is 44.2 Å². The highest BCUT2D eigenvalue weighted by atomic mass is 19.1. The van der Waals surface area contributed by atoms with Crippen molar-refractivity contribution < 1.29 is 23.5 Å². The Labute approximate surface area is 229 Å². The van der Waals surface area contributed by atoms with Gasteiger partial charge in [-0.05, 0) is 74.8 Å². The molecule has 1 aliphatic heterocycles. The van der Waals surface area contributed by atoms with Crippen molar-refractivity contribution in [2.45, 2.75) is 70.2 Å². The van der Waals surface area contributed by atoms with E-state index in [0.717, 1.165) is 24.2 Å². The van der Waals surface area contributed by atoms with Crippen molar-refractivity contribution in [1.82, 2.24) is 20.9 Å². The number of likely N-dealkylation sites (N-methyl/N-ethyl adjacent to an activating group) is 1. The Morgan fingerprint density at radius 1 is 1.00 bits per heavy atom. The summed E-state index contributed by atoms with van der Waals surface area (Å²) >= 11 is 0. The van der Waals surface area contributed by atoms with Crippen LogP contribution >= 0.6 is 0 Å². The summed E-state index contributed by atoms with van der Waals surface area (Å²) in [7, 11) is 1.62. The van der Waals surface area contributed by atoms with Gasteiger partial charge in [-0.1, -0.05) is 30.3 Å². The van der Waals surface area contributed by atoms with Gasteiger partial charge in [-0.15, -0.1) is 0 Å². The van der Waals surface area contributed by atoms with E-state index < -0.39 is 24.0 Å². The summed E-state index contributed by atoms with van der Waals surface area (Å²) in [5, 5.41) is 9.17. The molecule has 1 saturated carbocycles. The normalized spacial score (nSPS) is 25.9. The largest absolute Gasteiger partial charge is 0.489 e. The SMILES string of the molecule is CC1CNC(C2CC2)C(=O)N(C)[C@H](C)C(=O)NC(Cc2ccc(F)cc2)C(=O)NCCCc2ccccc2O1. The van der Waals surface area contributed by atoms with Crippen LogP contribution < -0.4 is 20.7 Å². The molecule has 4 atom stereocenters. The standard InChI is InChI=1S/C30H39FN4O4/c1-19-18-33-27(23-12-13-23)30(38)35(3)20(2)28(36)34-25(17-21-10-14-24(31)15-11-21)29(37)32-16-6-8-22-7-4-5-9-26(22)39-19/h4-5,7,9-11,14-15,19-20,23,25,27,33H,6,8,12-13,16-18H2,1-3H3,(H,32,37)(H,34,36)/t19?,20-,25?,27?/m1/s1. The van der Waals surface area contributed by atoms with E-state index >= 15 is 0 Å². The molecule has 1 aliphatic carbocycles. The first kappa shape index (κ1) is 28.5. The van der Waals surface area contributed by atoms with Gasteiger partial charge in [0.25, 0.3) is 0 Å². The van der Waals surface area contributed by atoms with Gasteiger partial charge >= 0.3 is 0 Å². The monoisotopic (exact) mass is 538 g/mol. The maximum Gasteiger partial charge on any atom is 0.243 e. The summed E-state index contributed by atoms with van der Waals surface area (Å²) in [6.07, 6.45) is 3.33. The molecule has 3 N–H and O–H groups in total. The van der Waals surface area contributed by atoms with E-state index in [-0.39, 0.29) is 36.1 Å². The Hall–Kier alpha value is -3.46. The molecule has 0 saturated heterocycles. The molecule has 8 nitrogen and oxygen atoms in total. The van der Waals surface area contributed by atoms with Crippen LogP contribution in [0.15, 0.2) is 48.5 Å². The van der Waals surface area contributed by atoms with E-state index in [2.05, 4.69) is 16.0 Å². The molecule has 39 heavy (non-hydrogen) atoms. The molecule has 1 fully saturated rings. The fourth-order valence-electron chi connectivity index (χ4n) is 4.82. The van der Waals surface area contributed by atoms with Gasteiger partial charge in [-0.25, -0.2) is 4.39 Å². The molecule has 0 radical (unpaired) electrons. The molecule has 2 aromatic rings. The fraction of sp³-hybridized carbons (Fsp3) is 0.500. The molecule has 0 aromatic heterocycles. The summed E-state index contributed by atoms with van der Waals surface area (Å²) in [4.78, 5) is 41.4. The van der Waals surface area contributed by atoms with E-state index in [0.29, 0.717) is 31.5 Å². The third-order valence-electron chi connectivity index (χ3n) is 7.50. The second-order valence-corrected chi connectivity index (χ2v) is 10.7. The number of rotatable bonds is 3. The van der Waals surface area contributed by atoms with Gasteiger partial charge in [0.2, 0.25) is 17.7 Å². The fourth-order valence-corrected chi connectivity index (χ4v) is 4.82. The smallest absolute Gasteiger partial charge is 0.243 e. The van der Waals surface area contributed by atoms with E-state index in [1.54, 1.807) is 26.1 Å². The number of hydrogen-bond acceptors (Lipinski definition) is 5. The van der Waals surface area contributed by atoms with Crippen LogP contribution in [0.5, 0.6) is 5.75 Å². The van der Waals surface area contributed by atoms with Gasteiger partial charge in [0.1, 0.15) is 29.8 Å². The molecule has 0 spiro atoms. The van der Waals surface area contributed by atoms with E-state index in [1.165, 1.54) is 17.0 Å². The van der Waals surface area contributed by atoms with Crippen LogP contribution in [0.4, 0.5) is 4.39 Å². The van der Waals surface area contributed by atoms with Crippen LogP contribution in [-0.4, -0.2) is 67.0 Å². The molecular weight excluding hydrogens is 499 g/mol. The Balaban J connectivity index is 1.56. The molecule has 210 valence electrons. The number of carbonyl (C=O) groups excluding carboxylic acids is 3. The number of nitrogens with one attached hydrogen (secondary N) is 3. The first-order valence-electron chi connectivity index (χ1n) is 13.8. The zero-order valence-corrected chi connectivity index (χ0v) is 22.9. The molecular formula is C30H39FN4O4. The number of para-hydroxylation sites is 1. The van der Waals surface area contributed by atoms with Crippen molar-refractivity contribution in [2.75, 3.05) is 20.1 Å². The van der Waals surface area contributed by atoms with E-state index in [4.69, 9.17) is 4.74 Å². The minimum atomic E-state index is -0.873. The number of amides is 3. The van der Waals surface area contributed by atoms with Crippen LogP contribution in [0.2, 0.25) is 0 Å². The molecule has 4 rings (SSSR count). The zero-order chi connectivity index (χ0) is 27.9. The van der Waals surface area contributed by atoms with Crippen molar-refractivity contribution in [2.24, 2.45) is 5.92 Å². The second kappa shape index (κ2) is 13.1. The minimum Gasteiger partial charge on any atom is -0.489 e.